The third-order valence-corrected chi connectivity index (χ3v) is 3.45. The molecule has 1 atom stereocenters. The molecule has 0 bridgehead atoms. The van der Waals surface area contributed by atoms with Crippen molar-refractivity contribution in [2.24, 2.45) is 0 Å². The van der Waals surface area contributed by atoms with Crippen LogP contribution in [0.15, 0.2) is 12.1 Å². The molecule has 0 saturated carbocycles. The lowest BCUT2D eigenvalue weighted by atomic mass is 10.2. The molecule has 0 aliphatic carbocycles. The van der Waals surface area contributed by atoms with Gasteiger partial charge in [0, 0.05) is 18.3 Å². The van der Waals surface area contributed by atoms with Gasteiger partial charge in [-0.15, -0.1) is 0 Å². The van der Waals surface area contributed by atoms with Crippen LogP contribution in [0.25, 0.3) is 0 Å². The molecule has 1 heterocycles. The molecular weight excluding hydrogens is 275 g/mol. The number of rotatable bonds is 6. The number of halogens is 3. The third-order valence-electron chi connectivity index (χ3n) is 2.48. The van der Waals surface area contributed by atoms with Gasteiger partial charge in [0.25, 0.3) is 0 Å². The van der Waals surface area contributed by atoms with Gasteiger partial charge in [0.15, 0.2) is 0 Å². The molecule has 19 heavy (non-hydrogen) atoms. The van der Waals surface area contributed by atoms with Crippen LogP contribution in [0.2, 0.25) is 0 Å². The van der Waals surface area contributed by atoms with E-state index in [1.54, 1.807) is 11.8 Å². The van der Waals surface area contributed by atoms with Crippen LogP contribution >= 0.6 is 11.8 Å². The molecule has 0 spiro atoms. The SMILES string of the molecule is CCNc1cc(C(F)(F)F)cc(NCC(C)SC)n1. The molecule has 1 unspecified atom stereocenters. The van der Waals surface area contributed by atoms with E-state index in [0.717, 1.165) is 12.1 Å². The normalized spacial score (nSPS) is 13.2. The van der Waals surface area contributed by atoms with E-state index in [9.17, 15) is 13.2 Å². The second-order valence-corrected chi connectivity index (χ2v) is 5.36. The Balaban J connectivity index is 2.93. The minimum atomic E-state index is -4.37. The van der Waals surface area contributed by atoms with E-state index in [0.29, 0.717) is 18.3 Å². The Hall–Kier alpha value is -1.11. The second kappa shape index (κ2) is 6.88. The molecule has 0 fully saturated rings. The minimum absolute atomic E-state index is 0.233. The van der Waals surface area contributed by atoms with Crippen LogP contribution in [0.5, 0.6) is 0 Å². The van der Waals surface area contributed by atoms with E-state index >= 15 is 0 Å². The Labute approximate surface area is 115 Å². The first-order valence-electron chi connectivity index (χ1n) is 5.96. The van der Waals surface area contributed by atoms with Crippen molar-refractivity contribution >= 4 is 23.4 Å². The maximum atomic E-state index is 12.8. The van der Waals surface area contributed by atoms with Gasteiger partial charge in [-0.3, -0.25) is 0 Å². The highest BCUT2D eigenvalue weighted by Gasteiger charge is 2.31. The molecule has 0 radical (unpaired) electrons. The molecule has 3 nitrogen and oxygen atoms in total. The quantitative estimate of drug-likeness (QED) is 0.838. The molecule has 108 valence electrons. The molecule has 0 aromatic carbocycles. The minimum Gasteiger partial charge on any atom is -0.370 e. The van der Waals surface area contributed by atoms with Crippen LogP contribution in [-0.4, -0.2) is 29.6 Å². The van der Waals surface area contributed by atoms with Crippen molar-refractivity contribution in [1.29, 1.82) is 0 Å². The maximum absolute atomic E-state index is 12.8. The summed E-state index contributed by atoms with van der Waals surface area (Å²) in [5.41, 5.74) is -0.697. The van der Waals surface area contributed by atoms with E-state index in [4.69, 9.17) is 0 Å². The summed E-state index contributed by atoms with van der Waals surface area (Å²) >= 11 is 1.64. The summed E-state index contributed by atoms with van der Waals surface area (Å²) < 4.78 is 38.3. The largest absolute Gasteiger partial charge is 0.416 e. The first kappa shape index (κ1) is 15.9. The fraction of sp³-hybridized carbons (Fsp3) is 0.583. The molecule has 1 aromatic rings. The van der Waals surface area contributed by atoms with Gasteiger partial charge in [-0.05, 0) is 25.3 Å². The second-order valence-electron chi connectivity index (χ2n) is 4.08. The van der Waals surface area contributed by atoms with Gasteiger partial charge in [-0.25, -0.2) is 4.98 Å². The van der Waals surface area contributed by atoms with Crippen LogP contribution in [0.1, 0.15) is 19.4 Å². The lowest BCUT2D eigenvalue weighted by Gasteiger charge is -2.14. The van der Waals surface area contributed by atoms with Crippen LogP contribution in [0.4, 0.5) is 24.8 Å². The van der Waals surface area contributed by atoms with Gasteiger partial charge in [0.1, 0.15) is 11.6 Å². The number of alkyl halides is 3. The third kappa shape index (κ3) is 5.18. The van der Waals surface area contributed by atoms with Crippen LogP contribution in [-0.2, 0) is 6.18 Å². The van der Waals surface area contributed by atoms with Gasteiger partial charge < -0.3 is 10.6 Å². The number of nitrogens with one attached hydrogen (secondary N) is 2. The standard InChI is InChI=1S/C12H18F3N3S/c1-4-16-10-5-9(12(13,14)15)6-11(18-10)17-7-8(2)19-3/h5-6,8H,4,7H2,1-3H3,(H2,16,17,18). The predicted molar refractivity (Wildman–Crippen MR) is 74.9 cm³/mol. The smallest absolute Gasteiger partial charge is 0.370 e. The van der Waals surface area contributed by atoms with Gasteiger partial charge in [0.05, 0.1) is 5.56 Å². The molecule has 1 aromatic heterocycles. The first-order chi connectivity index (χ1) is 8.86. The predicted octanol–water partition coefficient (Wildman–Crippen LogP) is 3.70. The Bertz CT molecular complexity index is 410. The number of hydrogen-bond donors (Lipinski definition) is 2. The highest BCUT2D eigenvalue weighted by Crippen LogP contribution is 2.32. The molecule has 2 N–H and O–H groups in total. The molecule has 1 rings (SSSR count). The van der Waals surface area contributed by atoms with E-state index in [-0.39, 0.29) is 11.6 Å². The van der Waals surface area contributed by atoms with Crippen molar-refractivity contribution in [3.05, 3.63) is 17.7 Å². The van der Waals surface area contributed by atoms with Crippen molar-refractivity contribution in [1.82, 2.24) is 4.98 Å². The monoisotopic (exact) mass is 293 g/mol. The average Bonchev–Trinajstić information content (AvgIpc) is 2.35. The summed E-state index contributed by atoms with van der Waals surface area (Å²) in [5.74, 6) is 0.475. The number of nitrogens with zero attached hydrogens (tertiary/aromatic N) is 1. The molecule has 0 aliphatic rings. The summed E-state index contributed by atoms with van der Waals surface area (Å²) in [6.07, 6.45) is -2.41. The summed E-state index contributed by atoms with van der Waals surface area (Å²) in [4.78, 5) is 4.11. The van der Waals surface area contributed by atoms with Crippen molar-refractivity contribution in [3.63, 3.8) is 0 Å². The lowest BCUT2D eigenvalue weighted by molar-refractivity contribution is -0.137. The highest BCUT2D eigenvalue weighted by atomic mass is 32.2. The van der Waals surface area contributed by atoms with Crippen molar-refractivity contribution < 1.29 is 13.2 Å². The zero-order valence-corrected chi connectivity index (χ0v) is 12.0. The van der Waals surface area contributed by atoms with E-state index in [2.05, 4.69) is 15.6 Å². The van der Waals surface area contributed by atoms with Gasteiger partial charge in [0.2, 0.25) is 0 Å². The van der Waals surface area contributed by atoms with Crippen molar-refractivity contribution in [2.75, 3.05) is 30.0 Å². The highest BCUT2D eigenvalue weighted by molar-refractivity contribution is 7.99. The number of thioether (sulfide) groups is 1. The fourth-order valence-electron chi connectivity index (χ4n) is 1.39. The Morgan fingerprint density at radius 3 is 2.32 bits per heavy atom. The summed E-state index contributed by atoms with van der Waals surface area (Å²) in [6.45, 7) is 4.90. The average molecular weight is 293 g/mol. The Morgan fingerprint density at radius 2 is 1.84 bits per heavy atom. The first-order valence-corrected chi connectivity index (χ1v) is 7.25. The topological polar surface area (TPSA) is 37.0 Å². The van der Waals surface area contributed by atoms with Crippen molar-refractivity contribution in [2.45, 2.75) is 25.3 Å². The summed E-state index contributed by atoms with van der Waals surface area (Å²) in [6, 6.07) is 2.06. The zero-order valence-electron chi connectivity index (χ0n) is 11.1. The van der Waals surface area contributed by atoms with E-state index in [1.165, 1.54) is 0 Å². The van der Waals surface area contributed by atoms with Gasteiger partial charge in [-0.2, -0.15) is 24.9 Å². The number of anilines is 2. The van der Waals surface area contributed by atoms with Crippen LogP contribution in [0, 0.1) is 0 Å². The van der Waals surface area contributed by atoms with Gasteiger partial charge >= 0.3 is 6.18 Å². The number of pyridine rings is 1. The molecule has 0 aliphatic heterocycles. The molecule has 0 amide bonds. The fourth-order valence-corrected chi connectivity index (χ4v) is 1.64. The summed E-state index contributed by atoms with van der Waals surface area (Å²) in [7, 11) is 0. The zero-order chi connectivity index (χ0) is 14.5. The Kier molecular flexibility index (Phi) is 5.78. The molecule has 7 heteroatoms. The number of hydrogen-bond acceptors (Lipinski definition) is 4. The number of aromatic nitrogens is 1. The van der Waals surface area contributed by atoms with Crippen LogP contribution in [0.3, 0.4) is 0 Å². The Morgan fingerprint density at radius 1 is 1.26 bits per heavy atom. The van der Waals surface area contributed by atoms with Crippen molar-refractivity contribution in [3.8, 4) is 0 Å². The van der Waals surface area contributed by atoms with Crippen LogP contribution < -0.4 is 10.6 Å². The summed E-state index contributed by atoms with van der Waals surface area (Å²) in [5, 5.41) is 6.04. The van der Waals surface area contributed by atoms with Gasteiger partial charge in [-0.1, -0.05) is 6.92 Å². The lowest BCUT2D eigenvalue weighted by Crippen LogP contribution is -2.15. The molecular formula is C12H18F3N3S. The van der Waals surface area contributed by atoms with E-state index in [1.807, 2.05) is 20.1 Å². The van der Waals surface area contributed by atoms with E-state index < -0.39 is 11.7 Å². The maximum Gasteiger partial charge on any atom is 0.416 e. The molecule has 0 saturated heterocycles.